The lowest BCUT2D eigenvalue weighted by Crippen LogP contribution is -2.29. The van der Waals surface area contributed by atoms with Crippen LogP contribution in [0.2, 0.25) is 0 Å². The Morgan fingerprint density at radius 2 is 1.68 bits per heavy atom. The number of benzene rings is 2. The first-order chi connectivity index (χ1) is 12.0. The molecule has 0 spiro atoms. The number of rotatable bonds is 7. The summed E-state index contributed by atoms with van der Waals surface area (Å²) < 4.78 is 10.4. The van der Waals surface area contributed by atoms with Crippen LogP contribution >= 0.6 is 0 Å². The molecule has 0 aliphatic rings. The standard InChI is InChI=1S/C19H22N2O4/c1-14(25-17-7-5-4-6-8-17)19(23)24-13-18(22)20-15-9-11-16(12-10-15)21(2)3/h4-12,14H,13H2,1-3H3,(H,20,22)/t14-/m1/s1. The third kappa shape index (κ3) is 5.84. The number of nitrogens with one attached hydrogen (secondary N) is 1. The average molecular weight is 342 g/mol. The number of anilines is 2. The Morgan fingerprint density at radius 1 is 1.04 bits per heavy atom. The molecule has 0 heterocycles. The van der Waals surface area contributed by atoms with Gasteiger partial charge in [-0.15, -0.1) is 0 Å². The molecule has 2 rings (SSSR count). The molecule has 132 valence electrons. The first-order valence-corrected chi connectivity index (χ1v) is 7.91. The summed E-state index contributed by atoms with van der Waals surface area (Å²) in [5.41, 5.74) is 1.66. The van der Waals surface area contributed by atoms with E-state index in [2.05, 4.69) is 5.32 Å². The molecule has 1 N–H and O–H groups in total. The Labute approximate surface area is 147 Å². The van der Waals surface area contributed by atoms with Crippen LogP contribution in [0.4, 0.5) is 11.4 Å². The van der Waals surface area contributed by atoms with Crippen molar-refractivity contribution in [3.8, 4) is 5.75 Å². The van der Waals surface area contributed by atoms with Gasteiger partial charge in [0.15, 0.2) is 12.7 Å². The lowest BCUT2D eigenvalue weighted by molar-refractivity contribution is -0.153. The highest BCUT2D eigenvalue weighted by Gasteiger charge is 2.17. The van der Waals surface area contributed by atoms with E-state index in [1.54, 1.807) is 31.2 Å². The predicted molar refractivity (Wildman–Crippen MR) is 96.9 cm³/mol. The van der Waals surface area contributed by atoms with Crippen molar-refractivity contribution in [2.75, 3.05) is 30.9 Å². The van der Waals surface area contributed by atoms with Gasteiger partial charge in [-0.25, -0.2) is 4.79 Å². The van der Waals surface area contributed by atoms with Gasteiger partial charge in [-0.3, -0.25) is 4.79 Å². The zero-order valence-electron chi connectivity index (χ0n) is 14.6. The summed E-state index contributed by atoms with van der Waals surface area (Å²) >= 11 is 0. The molecule has 0 bridgehead atoms. The molecule has 6 heteroatoms. The van der Waals surface area contributed by atoms with Crippen LogP contribution < -0.4 is 15.0 Å². The third-order valence-corrected chi connectivity index (χ3v) is 3.40. The Balaban J connectivity index is 1.77. The number of hydrogen-bond donors (Lipinski definition) is 1. The molecule has 2 aromatic carbocycles. The predicted octanol–water partition coefficient (Wildman–Crippen LogP) is 2.70. The van der Waals surface area contributed by atoms with Gasteiger partial charge in [-0.05, 0) is 43.3 Å². The van der Waals surface area contributed by atoms with Crippen LogP contribution in [0.15, 0.2) is 54.6 Å². The van der Waals surface area contributed by atoms with Gasteiger partial charge >= 0.3 is 5.97 Å². The molecule has 0 unspecified atom stereocenters. The fourth-order valence-corrected chi connectivity index (χ4v) is 2.05. The molecule has 0 radical (unpaired) electrons. The summed E-state index contributed by atoms with van der Waals surface area (Å²) in [7, 11) is 3.87. The first-order valence-electron chi connectivity index (χ1n) is 7.91. The summed E-state index contributed by atoms with van der Waals surface area (Å²) in [5, 5.41) is 2.68. The van der Waals surface area contributed by atoms with Crippen LogP contribution in [0.1, 0.15) is 6.92 Å². The molecule has 6 nitrogen and oxygen atoms in total. The Kier molecular flexibility index (Phi) is 6.39. The second-order valence-electron chi connectivity index (χ2n) is 5.67. The number of amides is 1. The average Bonchev–Trinajstić information content (AvgIpc) is 2.61. The molecule has 1 atom stereocenters. The minimum absolute atomic E-state index is 0.364. The molecule has 0 aliphatic carbocycles. The van der Waals surface area contributed by atoms with Crippen LogP contribution in [0.3, 0.4) is 0 Å². The van der Waals surface area contributed by atoms with Gasteiger partial charge in [0.1, 0.15) is 5.75 Å². The highest BCUT2D eigenvalue weighted by molar-refractivity contribution is 5.93. The number of hydrogen-bond acceptors (Lipinski definition) is 5. The van der Waals surface area contributed by atoms with Gasteiger partial charge in [-0.1, -0.05) is 18.2 Å². The second-order valence-corrected chi connectivity index (χ2v) is 5.67. The van der Waals surface area contributed by atoms with Crippen molar-refractivity contribution in [3.05, 3.63) is 54.6 Å². The van der Waals surface area contributed by atoms with E-state index in [1.165, 1.54) is 0 Å². The molecule has 0 aromatic heterocycles. The fourth-order valence-electron chi connectivity index (χ4n) is 2.05. The topological polar surface area (TPSA) is 67.9 Å². The highest BCUT2D eigenvalue weighted by atomic mass is 16.6. The second kappa shape index (κ2) is 8.73. The third-order valence-electron chi connectivity index (χ3n) is 3.40. The molecule has 0 aliphatic heterocycles. The largest absolute Gasteiger partial charge is 0.479 e. The van der Waals surface area contributed by atoms with Crippen molar-refractivity contribution < 1.29 is 19.1 Å². The van der Waals surface area contributed by atoms with Crippen molar-refractivity contribution in [1.82, 2.24) is 0 Å². The maximum atomic E-state index is 11.9. The van der Waals surface area contributed by atoms with E-state index in [9.17, 15) is 9.59 Å². The van der Waals surface area contributed by atoms with E-state index in [0.29, 0.717) is 11.4 Å². The van der Waals surface area contributed by atoms with E-state index < -0.39 is 18.0 Å². The van der Waals surface area contributed by atoms with Crippen LogP contribution in [-0.4, -0.2) is 38.7 Å². The van der Waals surface area contributed by atoms with Crippen molar-refractivity contribution in [3.63, 3.8) is 0 Å². The van der Waals surface area contributed by atoms with E-state index in [-0.39, 0.29) is 6.61 Å². The summed E-state index contributed by atoms with van der Waals surface area (Å²) in [6.07, 6.45) is -0.797. The first kappa shape index (κ1) is 18.3. The molecule has 2 aromatic rings. The fraction of sp³-hybridized carbons (Fsp3) is 0.263. The SMILES string of the molecule is C[C@@H](Oc1ccccc1)C(=O)OCC(=O)Nc1ccc(N(C)C)cc1. The van der Waals surface area contributed by atoms with Gasteiger partial charge in [-0.2, -0.15) is 0 Å². The van der Waals surface area contributed by atoms with Crippen molar-refractivity contribution >= 4 is 23.3 Å². The monoisotopic (exact) mass is 342 g/mol. The smallest absolute Gasteiger partial charge is 0.347 e. The van der Waals surface area contributed by atoms with Gasteiger partial charge in [0.05, 0.1) is 0 Å². The van der Waals surface area contributed by atoms with Gasteiger partial charge in [0.2, 0.25) is 0 Å². The van der Waals surface area contributed by atoms with Crippen LogP contribution in [0, 0.1) is 0 Å². The Morgan fingerprint density at radius 3 is 2.28 bits per heavy atom. The number of carbonyl (C=O) groups excluding carboxylic acids is 2. The maximum Gasteiger partial charge on any atom is 0.347 e. The lowest BCUT2D eigenvalue weighted by atomic mass is 10.2. The number of nitrogens with zero attached hydrogens (tertiary/aromatic N) is 1. The van der Waals surface area contributed by atoms with E-state index in [0.717, 1.165) is 5.69 Å². The summed E-state index contributed by atoms with van der Waals surface area (Å²) in [6.45, 7) is 1.21. The van der Waals surface area contributed by atoms with Gasteiger partial charge in [0.25, 0.3) is 5.91 Å². The van der Waals surface area contributed by atoms with Gasteiger partial charge < -0.3 is 19.7 Å². The van der Waals surface area contributed by atoms with E-state index in [1.807, 2.05) is 49.3 Å². The van der Waals surface area contributed by atoms with E-state index in [4.69, 9.17) is 9.47 Å². The molecule has 1 amide bonds. The molecule has 0 fully saturated rings. The number of carbonyl (C=O) groups is 2. The molecule has 0 saturated heterocycles. The Bertz CT molecular complexity index is 699. The van der Waals surface area contributed by atoms with E-state index >= 15 is 0 Å². The highest BCUT2D eigenvalue weighted by Crippen LogP contribution is 2.15. The number of esters is 1. The molecule has 25 heavy (non-hydrogen) atoms. The van der Waals surface area contributed by atoms with Gasteiger partial charge in [0, 0.05) is 25.5 Å². The number of para-hydroxylation sites is 1. The summed E-state index contributed by atoms with van der Waals surface area (Å²) in [5.74, 6) is -0.433. The van der Waals surface area contributed by atoms with Crippen LogP contribution in [-0.2, 0) is 14.3 Å². The summed E-state index contributed by atoms with van der Waals surface area (Å²) in [6, 6.07) is 16.3. The quantitative estimate of drug-likeness (QED) is 0.784. The van der Waals surface area contributed by atoms with Crippen LogP contribution in [0.5, 0.6) is 5.75 Å². The molecular formula is C19H22N2O4. The zero-order valence-corrected chi connectivity index (χ0v) is 14.6. The van der Waals surface area contributed by atoms with Crippen LogP contribution in [0.25, 0.3) is 0 Å². The minimum atomic E-state index is -0.797. The normalized spacial score (nSPS) is 11.3. The molecule has 0 saturated carbocycles. The number of ether oxygens (including phenoxy) is 2. The summed E-state index contributed by atoms with van der Waals surface area (Å²) in [4.78, 5) is 25.7. The zero-order chi connectivity index (χ0) is 18.2. The molecular weight excluding hydrogens is 320 g/mol. The Hall–Kier alpha value is -3.02. The van der Waals surface area contributed by atoms with Crippen molar-refractivity contribution in [2.45, 2.75) is 13.0 Å². The van der Waals surface area contributed by atoms with Crippen molar-refractivity contribution in [2.24, 2.45) is 0 Å². The maximum absolute atomic E-state index is 11.9. The lowest BCUT2D eigenvalue weighted by Gasteiger charge is -2.14. The minimum Gasteiger partial charge on any atom is -0.479 e. The van der Waals surface area contributed by atoms with Crippen molar-refractivity contribution in [1.29, 1.82) is 0 Å².